The minimum absolute atomic E-state index is 0.626. The zero-order valence-electron chi connectivity index (χ0n) is 8.45. The summed E-state index contributed by atoms with van der Waals surface area (Å²) in [6, 6.07) is 0. The first-order valence-corrected chi connectivity index (χ1v) is 5.15. The molecule has 0 atom stereocenters. The number of carbonyl (C=O) groups is 2. The fraction of sp³-hybridized carbons (Fsp3) is 0.800. The van der Waals surface area contributed by atoms with Crippen molar-refractivity contribution in [3.63, 3.8) is 0 Å². The third kappa shape index (κ3) is 3.36. The van der Waals surface area contributed by atoms with Crippen LogP contribution in [0, 0.1) is 0 Å². The number of cyclic esters (lactones) is 2. The fourth-order valence-electron chi connectivity index (χ4n) is 1.39. The van der Waals surface area contributed by atoms with E-state index >= 15 is 0 Å². The molecule has 0 aromatic heterocycles. The van der Waals surface area contributed by atoms with Gasteiger partial charge in [0, 0.05) is 6.42 Å². The lowest BCUT2D eigenvalue weighted by atomic mass is 10.1. The van der Waals surface area contributed by atoms with E-state index in [2.05, 4.69) is 16.4 Å². The molecule has 4 heteroatoms. The molecule has 0 N–H and O–H groups in total. The molecule has 0 aromatic carbocycles. The van der Waals surface area contributed by atoms with Gasteiger partial charge in [-0.15, -0.1) is 0 Å². The number of unbranched alkanes of at least 4 members (excludes halogenated alkanes) is 4. The number of carbonyl (C=O) groups excluding carboxylic acids is 2. The van der Waals surface area contributed by atoms with E-state index in [1.165, 1.54) is 19.3 Å². The summed E-state index contributed by atoms with van der Waals surface area (Å²) in [5.41, 5.74) is 0. The van der Waals surface area contributed by atoms with E-state index < -0.39 is 18.2 Å². The zero-order valence-corrected chi connectivity index (χ0v) is 8.45. The summed E-state index contributed by atoms with van der Waals surface area (Å²) in [7, 11) is 0. The van der Waals surface area contributed by atoms with Crippen molar-refractivity contribution in [2.45, 2.75) is 51.7 Å². The first-order valence-electron chi connectivity index (χ1n) is 5.15. The van der Waals surface area contributed by atoms with Gasteiger partial charge in [-0.1, -0.05) is 32.6 Å². The fourth-order valence-corrected chi connectivity index (χ4v) is 1.39. The topological polar surface area (TPSA) is 52.6 Å². The summed E-state index contributed by atoms with van der Waals surface area (Å²) in [5.74, 6) is -1.72. The van der Waals surface area contributed by atoms with Gasteiger partial charge in [-0.2, -0.15) is 0 Å². The molecule has 4 nitrogen and oxygen atoms in total. The molecule has 0 spiro atoms. The molecular formula is C10H16O4. The molecule has 1 saturated heterocycles. The normalized spacial score (nSPS) is 16.9. The zero-order chi connectivity index (χ0) is 10.4. The molecule has 0 unspecified atom stereocenters. The molecule has 1 aliphatic heterocycles. The van der Waals surface area contributed by atoms with Gasteiger partial charge in [-0.25, -0.2) is 9.59 Å². The second kappa shape index (κ2) is 5.62. The van der Waals surface area contributed by atoms with Gasteiger partial charge in [0.1, 0.15) is 0 Å². The molecule has 0 radical (unpaired) electrons. The SMILES string of the molecule is CCCCCCCC1OC(=O)C(=O)O1. The van der Waals surface area contributed by atoms with Crippen molar-refractivity contribution in [1.82, 2.24) is 0 Å². The molecule has 1 fully saturated rings. The minimum Gasteiger partial charge on any atom is -0.417 e. The number of rotatable bonds is 6. The number of esters is 2. The lowest BCUT2D eigenvalue weighted by Gasteiger charge is -2.06. The van der Waals surface area contributed by atoms with Crippen LogP contribution < -0.4 is 0 Å². The van der Waals surface area contributed by atoms with Crippen LogP contribution in [0.1, 0.15) is 45.4 Å². The van der Waals surface area contributed by atoms with Gasteiger partial charge in [-0.05, 0) is 6.42 Å². The maximum Gasteiger partial charge on any atom is 0.420 e. The third-order valence-electron chi connectivity index (χ3n) is 2.19. The quantitative estimate of drug-likeness (QED) is 0.372. The second-order valence-electron chi connectivity index (χ2n) is 3.44. The molecule has 0 aliphatic carbocycles. The highest BCUT2D eigenvalue weighted by Gasteiger charge is 2.33. The second-order valence-corrected chi connectivity index (χ2v) is 3.44. The van der Waals surface area contributed by atoms with Crippen molar-refractivity contribution in [2.24, 2.45) is 0 Å². The lowest BCUT2D eigenvalue weighted by molar-refractivity contribution is -0.150. The Hall–Kier alpha value is -1.06. The standard InChI is InChI=1S/C10H16O4/c1-2-3-4-5-6-7-8-13-9(11)10(12)14-8/h8H,2-7H2,1H3. The van der Waals surface area contributed by atoms with Crippen molar-refractivity contribution in [1.29, 1.82) is 0 Å². The summed E-state index contributed by atoms with van der Waals surface area (Å²) >= 11 is 0. The Labute approximate surface area is 83.6 Å². The van der Waals surface area contributed by atoms with Crippen molar-refractivity contribution >= 4 is 11.9 Å². The van der Waals surface area contributed by atoms with Crippen LogP contribution in [0.5, 0.6) is 0 Å². The average molecular weight is 200 g/mol. The van der Waals surface area contributed by atoms with Crippen molar-refractivity contribution < 1.29 is 19.1 Å². The maximum absolute atomic E-state index is 10.6. The molecule has 0 saturated carbocycles. The molecule has 80 valence electrons. The number of ether oxygens (including phenoxy) is 2. The van der Waals surface area contributed by atoms with Crippen LogP contribution in [0.15, 0.2) is 0 Å². The highest BCUT2D eigenvalue weighted by Crippen LogP contribution is 2.15. The molecule has 0 aromatic rings. The van der Waals surface area contributed by atoms with E-state index in [9.17, 15) is 9.59 Å². The number of hydrogen-bond donors (Lipinski definition) is 0. The Morgan fingerprint density at radius 1 is 1.00 bits per heavy atom. The largest absolute Gasteiger partial charge is 0.420 e. The summed E-state index contributed by atoms with van der Waals surface area (Å²) in [6.45, 7) is 2.15. The van der Waals surface area contributed by atoms with E-state index in [1.54, 1.807) is 0 Å². The van der Waals surface area contributed by atoms with E-state index in [0.29, 0.717) is 6.42 Å². The maximum atomic E-state index is 10.6. The molecule has 1 heterocycles. The highest BCUT2D eigenvalue weighted by atomic mass is 16.8. The van der Waals surface area contributed by atoms with E-state index in [0.717, 1.165) is 12.8 Å². The van der Waals surface area contributed by atoms with Gasteiger partial charge in [0.25, 0.3) is 0 Å². The monoisotopic (exact) mass is 200 g/mol. The smallest absolute Gasteiger partial charge is 0.417 e. The molecular weight excluding hydrogens is 184 g/mol. The van der Waals surface area contributed by atoms with Gasteiger partial charge >= 0.3 is 11.9 Å². The summed E-state index contributed by atoms with van der Waals surface area (Å²) in [4.78, 5) is 21.2. The Balaban J connectivity index is 2.03. The Kier molecular flexibility index (Phi) is 4.43. The molecule has 0 bridgehead atoms. The van der Waals surface area contributed by atoms with Crippen LogP contribution in [-0.2, 0) is 19.1 Å². The van der Waals surface area contributed by atoms with Crippen molar-refractivity contribution in [3.05, 3.63) is 0 Å². The van der Waals surface area contributed by atoms with Crippen LogP contribution in [0.4, 0.5) is 0 Å². The van der Waals surface area contributed by atoms with E-state index in [4.69, 9.17) is 0 Å². The molecule has 1 aliphatic rings. The number of hydrogen-bond acceptors (Lipinski definition) is 4. The summed E-state index contributed by atoms with van der Waals surface area (Å²) in [6.07, 6.45) is 5.64. The van der Waals surface area contributed by atoms with Crippen molar-refractivity contribution in [3.8, 4) is 0 Å². The van der Waals surface area contributed by atoms with Crippen LogP contribution >= 0.6 is 0 Å². The summed E-state index contributed by atoms with van der Waals surface area (Å²) in [5, 5.41) is 0. The molecule has 0 amide bonds. The van der Waals surface area contributed by atoms with Crippen molar-refractivity contribution in [2.75, 3.05) is 0 Å². The van der Waals surface area contributed by atoms with Crippen LogP contribution in [0.25, 0.3) is 0 Å². The van der Waals surface area contributed by atoms with Crippen LogP contribution in [-0.4, -0.2) is 18.2 Å². The predicted octanol–water partition coefficient (Wildman–Crippen LogP) is 1.77. The first kappa shape index (κ1) is 11.0. The minimum atomic E-state index is -0.858. The van der Waals surface area contributed by atoms with Gasteiger partial charge in [0.15, 0.2) is 0 Å². The lowest BCUT2D eigenvalue weighted by Crippen LogP contribution is -2.07. The van der Waals surface area contributed by atoms with E-state index in [-0.39, 0.29) is 0 Å². The molecule has 1 rings (SSSR count). The Morgan fingerprint density at radius 3 is 2.14 bits per heavy atom. The van der Waals surface area contributed by atoms with E-state index in [1.807, 2.05) is 0 Å². The third-order valence-corrected chi connectivity index (χ3v) is 2.19. The van der Waals surface area contributed by atoms with Crippen LogP contribution in [0.3, 0.4) is 0 Å². The van der Waals surface area contributed by atoms with Gasteiger partial charge in [0.2, 0.25) is 6.29 Å². The summed E-state index contributed by atoms with van der Waals surface area (Å²) < 4.78 is 9.34. The Morgan fingerprint density at radius 2 is 1.57 bits per heavy atom. The highest BCUT2D eigenvalue weighted by molar-refractivity contribution is 6.30. The van der Waals surface area contributed by atoms with Crippen LogP contribution in [0.2, 0.25) is 0 Å². The van der Waals surface area contributed by atoms with Gasteiger partial charge in [0.05, 0.1) is 0 Å². The van der Waals surface area contributed by atoms with Gasteiger partial charge in [-0.3, -0.25) is 0 Å². The Bertz CT molecular complexity index is 196. The van der Waals surface area contributed by atoms with Gasteiger partial charge < -0.3 is 9.47 Å². The molecule has 14 heavy (non-hydrogen) atoms. The predicted molar refractivity (Wildman–Crippen MR) is 49.3 cm³/mol. The average Bonchev–Trinajstić information content (AvgIpc) is 2.46. The first-order chi connectivity index (χ1) is 6.74.